The Labute approximate surface area is 103 Å². The molecule has 2 rings (SSSR count). The molecule has 0 heterocycles. The number of hydrogen-bond donors (Lipinski definition) is 2. The highest BCUT2D eigenvalue weighted by Gasteiger charge is 2.10. The van der Waals surface area contributed by atoms with Crippen molar-refractivity contribution in [3.8, 4) is 16.9 Å². The fraction of sp³-hybridized carbons (Fsp3) is 0. The number of aromatic hydroxyl groups is 1. The van der Waals surface area contributed by atoms with E-state index in [1.807, 2.05) is 0 Å². The van der Waals surface area contributed by atoms with E-state index in [2.05, 4.69) is 0 Å². The summed E-state index contributed by atoms with van der Waals surface area (Å²) in [4.78, 5) is 11.2. The number of phenolic OH excluding ortho intramolecular Hbond substituents is 1. The molecule has 0 bridgehead atoms. The minimum absolute atomic E-state index is 0.144. The molecule has 4 heteroatoms. The summed E-state index contributed by atoms with van der Waals surface area (Å²) >= 11 is 5.86. The second-order valence-electron chi connectivity index (χ2n) is 3.58. The Kier molecular flexibility index (Phi) is 3.02. The first-order valence-corrected chi connectivity index (χ1v) is 5.35. The number of phenols is 1. The first-order valence-electron chi connectivity index (χ1n) is 4.97. The number of halogens is 1. The van der Waals surface area contributed by atoms with Gasteiger partial charge in [-0.1, -0.05) is 35.9 Å². The van der Waals surface area contributed by atoms with E-state index in [-0.39, 0.29) is 11.3 Å². The molecule has 0 radical (unpaired) electrons. The van der Waals surface area contributed by atoms with Crippen LogP contribution in [0.4, 0.5) is 0 Å². The third kappa shape index (κ3) is 2.24. The SMILES string of the molecule is NC(=O)c1cc(-c2ccccc2O)ccc1Cl. The lowest BCUT2D eigenvalue weighted by Crippen LogP contribution is -2.11. The molecule has 1 amide bonds. The number of nitrogens with two attached hydrogens (primary N) is 1. The maximum absolute atomic E-state index is 11.2. The highest BCUT2D eigenvalue weighted by atomic mass is 35.5. The van der Waals surface area contributed by atoms with Crippen LogP contribution in [0.3, 0.4) is 0 Å². The van der Waals surface area contributed by atoms with Crippen LogP contribution in [-0.2, 0) is 0 Å². The molecule has 0 saturated carbocycles. The molecule has 0 unspecified atom stereocenters. The second-order valence-corrected chi connectivity index (χ2v) is 3.98. The van der Waals surface area contributed by atoms with Gasteiger partial charge in [0.05, 0.1) is 10.6 Å². The van der Waals surface area contributed by atoms with Crippen molar-refractivity contribution in [3.63, 3.8) is 0 Å². The molecule has 0 aromatic heterocycles. The molecule has 3 nitrogen and oxygen atoms in total. The van der Waals surface area contributed by atoms with Gasteiger partial charge in [-0.3, -0.25) is 4.79 Å². The van der Waals surface area contributed by atoms with E-state index in [1.165, 1.54) is 0 Å². The Morgan fingerprint density at radius 3 is 2.53 bits per heavy atom. The lowest BCUT2D eigenvalue weighted by atomic mass is 10.0. The Hall–Kier alpha value is -2.00. The van der Waals surface area contributed by atoms with Crippen molar-refractivity contribution in [2.24, 2.45) is 5.73 Å². The number of benzene rings is 2. The van der Waals surface area contributed by atoms with E-state index in [1.54, 1.807) is 42.5 Å². The molecular formula is C13H10ClNO2. The predicted molar refractivity (Wildman–Crippen MR) is 67.1 cm³/mol. The molecular weight excluding hydrogens is 238 g/mol. The quantitative estimate of drug-likeness (QED) is 0.857. The molecule has 0 aliphatic carbocycles. The van der Waals surface area contributed by atoms with Gasteiger partial charge in [-0.05, 0) is 23.8 Å². The second kappa shape index (κ2) is 4.47. The van der Waals surface area contributed by atoms with E-state index in [0.29, 0.717) is 16.1 Å². The molecule has 0 aliphatic rings. The van der Waals surface area contributed by atoms with Gasteiger partial charge < -0.3 is 10.8 Å². The number of primary amides is 1. The lowest BCUT2D eigenvalue weighted by molar-refractivity contribution is 0.100. The Balaban J connectivity index is 2.58. The van der Waals surface area contributed by atoms with Crippen molar-refractivity contribution >= 4 is 17.5 Å². The average Bonchev–Trinajstić information content (AvgIpc) is 2.30. The van der Waals surface area contributed by atoms with Gasteiger partial charge in [0.1, 0.15) is 5.75 Å². The van der Waals surface area contributed by atoms with Gasteiger partial charge in [-0.2, -0.15) is 0 Å². The van der Waals surface area contributed by atoms with Crippen LogP contribution in [0.25, 0.3) is 11.1 Å². The zero-order chi connectivity index (χ0) is 12.4. The Morgan fingerprint density at radius 1 is 1.18 bits per heavy atom. The fourth-order valence-corrected chi connectivity index (χ4v) is 1.81. The van der Waals surface area contributed by atoms with E-state index in [4.69, 9.17) is 17.3 Å². The summed E-state index contributed by atoms with van der Waals surface area (Å²) in [6.45, 7) is 0. The third-order valence-electron chi connectivity index (χ3n) is 2.45. The summed E-state index contributed by atoms with van der Waals surface area (Å²) in [7, 11) is 0. The van der Waals surface area contributed by atoms with Gasteiger partial charge >= 0.3 is 0 Å². The van der Waals surface area contributed by atoms with Crippen molar-refractivity contribution in [1.29, 1.82) is 0 Å². The van der Waals surface area contributed by atoms with Crippen molar-refractivity contribution in [2.45, 2.75) is 0 Å². The number of hydrogen-bond acceptors (Lipinski definition) is 2. The standard InChI is InChI=1S/C13H10ClNO2/c14-11-6-5-8(7-10(11)13(15)17)9-3-1-2-4-12(9)16/h1-7,16H,(H2,15,17). The van der Waals surface area contributed by atoms with E-state index >= 15 is 0 Å². The minimum Gasteiger partial charge on any atom is -0.507 e. The summed E-state index contributed by atoms with van der Waals surface area (Å²) in [5.74, 6) is -0.447. The molecule has 0 saturated heterocycles. The number of para-hydroxylation sites is 1. The summed E-state index contributed by atoms with van der Waals surface area (Å²) in [6.07, 6.45) is 0. The number of carbonyl (C=O) groups is 1. The third-order valence-corrected chi connectivity index (χ3v) is 2.78. The topological polar surface area (TPSA) is 63.3 Å². The fourth-order valence-electron chi connectivity index (χ4n) is 1.60. The monoisotopic (exact) mass is 247 g/mol. The van der Waals surface area contributed by atoms with Crippen LogP contribution < -0.4 is 5.73 Å². The van der Waals surface area contributed by atoms with Crippen LogP contribution in [0.1, 0.15) is 10.4 Å². The van der Waals surface area contributed by atoms with Crippen molar-refractivity contribution in [1.82, 2.24) is 0 Å². The van der Waals surface area contributed by atoms with Crippen LogP contribution in [0.5, 0.6) is 5.75 Å². The van der Waals surface area contributed by atoms with Crippen LogP contribution in [0.2, 0.25) is 5.02 Å². The summed E-state index contributed by atoms with van der Waals surface area (Å²) in [5.41, 5.74) is 6.78. The zero-order valence-electron chi connectivity index (χ0n) is 8.85. The molecule has 0 aliphatic heterocycles. The summed E-state index contributed by atoms with van der Waals surface area (Å²) < 4.78 is 0. The molecule has 2 aromatic carbocycles. The normalized spacial score (nSPS) is 10.2. The van der Waals surface area contributed by atoms with Gasteiger partial charge in [-0.25, -0.2) is 0 Å². The van der Waals surface area contributed by atoms with Gasteiger partial charge in [0.25, 0.3) is 0 Å². The zero-order valence-corrected chi connectivity index (χ0v) is 9.61. The number of amides is 1. The molecule has 3 N–H and O–H groups in total. The molecule has 0 fully saturated rings. The first-order chi connectivity index (χ1) is 8.09. The van der Waals surface area contributed by atoms with Crippen LogP contribution in [-0.4, -0.2) is 11.0 Å². The molecule has 17 heavy (non-hydrogen) atoms. The summed E-state index contributed by atoms with van der Waals surface area (Å²) in [5, 5.41) is 10.0. The van der Waals surface area contributed by atoms with Crippen molar-refractivity contribution in [2.75, 3.05) is 0 Å². The molecule has 0 atom stereocenters. The lowest BCUT2D eigenvalue weighted by Gasteiger charge is -2.07. The molecule has 0 spiro atoms. The van der Waals surface area contributed by atoms with Gasteiger partial charge in [-0.15, -0.1) is 0 Å². The van der Waals surface area contributed by atoms with Gasteiger partial charge in [0.2, 0.25) is 5.91 Å². The van der Waals surface area contributed by atoms with Crippen molar-refractivity contribution < 1.29 is 9.90 Å². The van der Waals surface area contributed by atoms with E-state index in [9.17, 15) is 9.90 Å². The largest absolute Gasteiger partial charge is 0.507 e. The maximum Gasteiger partial charge on any atom is 0.250 e. The summed E-state index contributed by atoms with van der Waals surface area (Å²) in [6, 6.07) is 11.7. The van der Waals surface area contributed by atoms with E-state index < -0.39 is 5.91 Å². The van der Waals surface area contributed by atoms with E-state index in [0.717, 1.165) is 0 Å². The predicted octanol–water partition coefficient (Wildman–Crippen LogP) is 2.81. The number of carbonyl (C=O) groups excluding carboxylic acids is 1. The van der Waals surface area contributed by atoms with Crippen molar-refractivity contribution in [3.05, 3.63) is 53.1 Å². The molecule has 2 aromatic rings. The van der Waals surface area contributed by atoms with Gasteiger partial charge in [0.15, 0.2) is 0 Å². The number of rotatable bonds is 2. The Bertz CT molecular complexity index is 581. The Morgan fingerprint density at radius 2 is 1.88 bits per heavy atom. The smallest absolute Gasteiger partial charge is 0.250 e. The minimum atomic E-state index is -0.590. The average molecular weight is 248 g/mol. The molecule has 86 valence electrons. The highest BCUT2D eigenvalue weighted by Crippen LogP contribution is 2.31. The highest BCUT2D eigenvalue weighted by molar-refractivity contribution is 6.33. The van der Waals surface area contributed by atoms with Crippen LogP contribution >= 0.6 is 11.6 Å². The maximum atomic E-state index is 11.2. The van der Waals surface area contributed by atoms with Crippen LogP contribution in [0.15, 0.2) is 42.5 Å². The first kappa shape index (κ1) is 11.5. The van der Waals surface area contributed by atoms with Crippen LogP contribution in [0, 0.1) is 0 Å². The van der Waals surface area contributed by atoms with Gasteiger partial charge in [0, 0.05) is 5.56 Å².